The lowest BCUT2D eigenvalue weighted by Crippen LogP contribution is -2.59. The number of nitrogens with one attached hydrogen (secondary N) is 1. The maximum absolute atomic E-state index is 11.8. The van der Waals surface area contributed by atoms with Crippen LogP contribution < -0.4 is 5.32 Å². The second-order valence-electron chi connectivity index (χ2n) is 5.02. The Morgan fingerprint density at radius 1 is 1.39 bits per heavy atom. The summed E-state index contributed by atoms with van der Waals surface area (Å²) in [7, 11) is 0. The summed E-state index contributed by atoms with van der Waals surface area (Å²) in [5.74, 6) is -0.0802. The van der Waals surface area contributed by atoms with E-state index in [0.29, 0.717) is 6.54 Å². The Bertz CT molecular complexity index is 416. The van der Waals surface area contributed by atoms with Crippen molar-refractivity contribution in [1.82, 2.24) is 10.2 Å². The van der Waals surface area contributed by atoms with E-state index in [0.717, 1.165) is 6.54 Å². The third-order valence-corrected chi connectivity index (χ3v) is 3.32. The number of nitrogens with zero attached hydrogens (tertiary/aromatic N) is 1. The number of carbonyl (C=O) groups is 1. The van der Waals surface area contributed by atoms with E-state index >= 15 is 0 Å². The molecule has 0 bridgehead atoms. The van der Waals surface area contributed by atoms with Crippen molar-refractivity contribution in [3.05, 3.63) is 35.4 Å². The summed E-state index contributed by atoms with van der Waals surface area (Å²) in [6, 6.07) is 7.98. The van der Waals surface area contributed by atoms with Crippen molar-refractivity contribution in [3.63, 3.8) is 0 Å². The molecule has 0 spiro atoms. The fourth-order valence-corrected chi connectivity index (χ4v) is 2.33. The van der Waals surface area contributed by atoms with E-state index in [-0.39, 0.29) is 18.6 Å². The van der Waals surface area contributed by atoms with Crippen LogP contribution in [0.1, 0.15) is 18.1 Å². The molecular weight excluding hydrogens is 228 g/mol. The molecule has 1 saturated heterocycles. The molecule has 0 aliphatic carbocycles. The minimum Gasteiger partial charge on any atom is -0.394 e. The predicted octanol–water partition coefficient (Wildman–Crippen LogP) is 0.676. The summed E-state index contributed by atoms with van der Waals surface area (Å²) in [4.78, 5) is 13.8. The van der Waals surface area contributed by atoms with Gasteiger partial charge in [-0.25, -0.2) is 0 Å². The third-order valence-electron chi connectivity index (χ3n) is 3.32. The molecule has 98 valence electrons. The van der Waals surface area contributed by atoms with Crippen molar-refractivity contribution >= 4 is 5.91 Å². The van der Waals surface area contributed by atoms with Gasteiger partial charge in [-0.05, 0) is 19.4 Å². The number of aliphatic hydroxyl groups excluding tert-OH is 1. The normalized spacial score (nSPS) is 24.9. The van der Waals surface area contributed by atoms with Gasteiger partial charge in [0.2, 0.25) is 5.91 Å². The molecule has 1 aromatic rings. The Morgan fingerprint density at radius 2 is 2.06 bits per heavy atom. The van der Waals surface area contributed by atoms with Gasteiger partial charge in [-0.1, -0.05) is 29.8 Å². The molecule has 2 N–H and O–H groups in total. The van der Waals surface area contributed by atoms with Crippen LogP contribution in [-0.4, -0.2) is 41.1 Å². The Hall–Kier alpha value is -1.39. The highest BCUT2D eigenvalue weighted by atomic mass is 16.3. The van der Waals surface area contributed by atoms with Gasteiger partial charge in [0.1, 0.15) is 6.04 Å². The zero-order chi connectivity index (χ0) is 13.1. The fourth-order valence-electron chi connectivity index (χ4n) is 2.33. The molecule has 1 aliphatic heterocycles. The molecule has 0 saturated carbocycles. The summed E-state index contributed by atoms with van der Waals surface area (Å²) in [5, 5.41) is 12.2. The molecule has 4 heteroatoms. The van der Waals surface area contributed by atoms with Gasteiger partial charge in [0, 0.05) is 19.1 Å². The average molecular weight is 248 g/mol. The molecule has 1 aromatic carbocycles. The molecule has 2 atom stereocenters. The van der Waals surface area contributed by atoms with Gasteiger partial charge in [-0.3, -0.25) is 9.69 Å². The predicted molar refractivity (Wildman–Crippen MR) is 70.1 cm³/mol. The summed E-state index contributed by atoms with van der Waals surface area (Å²) in [5.41, 5.74) is 2.39. The molecule has 1 fully saturated rings. The number of aryl methyl sites for hydroxylation is 1. The van der Waals surface area contributed by atoms with Crippen molar-refractivity contribution in [2.24, 2.45) is 0 Å². The van der Waals surface area contributed by atoms with Crippen LogP contribution in [-0.2, 0) is 11.3 Å². The molecule has 18 heavy (non-hydrogen) atoms. The van der Waals surface area contributed by atoms with E-state index in [1.54, 1.807) is 0 Å². The second-order valence-corrected chi connectivity index (χ2v) is 5.02. The van der Waals surface area contributed by atoms with Gasteiger partial charge >= 0.3 is 0 Å². The van der Waals surface area contributed by atoms with Crippen molar-refractivity contribution in [1.29, 1.82) is 0 Å². The Labute approximate surface area is 108 Å². The summed E-state index contributed by atoms with van der Waals surface area (Å²) < 4.78 is 0. The lowest BCUT2D eigenvalue weighted by molar-refractivity contribution is -0.132. The van der Waals surface area contributed by atoms with Gasteiger partial charge < -0.3 is 10.4 Å². The molecule has 1 heterocycles. The molecular formula is C14H20N2O2. The quantitative estimate of drug-likeness (QED) is 0.827. The van der Waals surface area contributed by atoms with Crippen LogP contribution in [0.3, 0.4) is 0 Å². The highest BCUT2D eigenvalue weighted by Crippen LogP contribution is 2.13. The second kappa shape index (κ2) is 5.50. The number of benzene rings is 1. The lowest BCUT2D eigenvalue weighted by atomic mass is 10.1. The summed E-state index contributed by atoms with van der Waals surface area (Å²) in [6.45, 7) is 5.36. The molecule has 0 radical (unpaired) electrons. The number of hydrogen-bond acceptors (Lipinski definition) is 3. The van der Waals surface area contributed by atoms with Crippen LogP contribution in [0.2, 0.25) is 0 Å². The fraction of sp³-hybridized carbons (Fsp3) is 0.500. The SMILES string of the molecule is Cc1ccc(CN2CC(C)NC(=O)C2CO)cc1. The minimum absolute atomic E-state index is 0.0802. The van der Waals surface area contributed by atoms with E-state index in [9.17, 15) is 9.90 Å². The van der Waals surface area contributed by atoms with Gasteiger partial charge in [0.25, 0.3) is 0 Å². The molecule has 1 amide bonds. The number of carbonyl (C=O) groups excluding carboxylic acids is 1. The highest BCUT2D eigenvalue weighted by Gasteiger charge is 2.31. The monoisotopic (exact) mass is 248 g/mol. The van der Waals surface area contributed by atoms with Gasteiger partial charge in [-0.15, -0.1) is 0 Å². The largest absolute Gasteiger partial charge is 0.394 e. The van der Waals surface area contributed by atoms with E-state index in [4.69, 9.17) is 0 Å². The summed E-state index contributed by atoms with van der Waals surface area (Å²) in [6.07, 6.45) is 0. The maximum Gasteiger partial charge on any atom is 0.240 e. The number of aliphatic hydroxyl groups is 1. The summed E-state index contributed by atoms with van der Waals surface area (Å²) >= 11 is 0. The van der Waals surface area contributed by atoms with Gasteiger partial charge in [0.05, 0.1) is 6.61 Å². The lowest BCUT2D eigenvalue weighted by Gasteiger charge is -2.37. The van der Waals surface area contributed by atoms with E-state index < -0.39 is 6.04 Å². The van der Waals surface area contributed by atoms with Crippen LogP contribution >= 0.6 is 0 Å². The van der Waals surface area contributed by atoms with E-state index in [2.05, 4.69) is 36.5 Å². The Morgan fingerprint density at radius 3 is 2.67 bits per heavy atom. The van der Waals surface area contributed by atoms with Crippen LogP contribution in [0.5, 0.6) is 0 Å². The van der Waals surface area contributed by atoms with Crippen molar-refractivity contribution in [2.75, 3.05) is 13.2 Å². The van der Waals surface area contributed by atoms with Crippen molar-refractivity contribution in [2.45, 2.75) is 32.5 Å². The average Bonchev–Trinajstić information content (AvgIpc) is 2.32. The molecule has 1 aliphatic rings. The molecule has 2 rings (SSSR count). The van der Waals surface area contributed by atoms with Crippen LogP contribution in [0.25, 0.3) is 0 Å². The zero-order valence-electron chi connectivity index (χ0n) is 10.9. The van der Waals surface area contributed by atoms with Gasteiger partial charge in [0.15, 0.2) is 0 Å². The number of hydrogen-bond donors (Lipinski definition) is 2. The van der Waals surface area contributed by atoms with E-state index in [1.807, 2.05) is 11.8 Å². The van der Waals surface area contributed by atoms with Crippen molar-refractivity contribution < 1.29 is 9.90 Å². The highest BCUT2D eigenvalue weighted by molar-refractivity contribution is 5.83. The first-order valence-corrected chi connectivity index (χ1v) is 6.31. The van der Waals surface area contributed by atoms with Crippen LogP contribution in [0.15, 0.2) is 24.3 Å². The Balaban J connectivity index is 2.10. The Kier molecular flexibility index (Phi) is 3.99. The molecule has 4 nitrogen and oxygen atoms in total. The standard InChI is InChI=1S/C14H20N2O2/c1-10-3-5-12(6-4-10)8-16-7-11(2)15-14(18)13(16)9-17/h3-6,11,13,17H,7-9H2,1-2H3,(H,15,18). The first kappa shape index (κ1) is 13.1. The van der Waals surface area contributed by atoms with Crippen LogP contribution in [0, 0.1) is 6.92 Å². The maximum atomic E-state index is 11.8. The van der Waals surface area contributed by atoms with Crippen LogP contribution in [0.4, 0.5) is 0 Å². The first-order chi connectivity index (χ1) is 8.60. The number of amides is 1. The molecule has 0 aromatic heterocycles. The number of piperazine rings is 1. The van der Waals surface area contributed by atoms with Gasteiger partial charge in [-0.2, -0.15) is 0 Å². The smallest absolute Gasteiger partial charge is 0.240 e. The minimum atomic E-state index is -0.428. The zero-order valence-corrected chi connectivity index (χ0v) is 10.9. The van der Waals surface area contributed by atoms with Crippen molar-refractivity contribution in [3.8, 4) is 0 Å². The molecule has 2 unspecified atom stereocenters. The topological polar surface area (TPSA) is 52.6 Å². The first-order valence-electron chi connectivity index (χ1n) is 6.31. The third kappa shape index (κ3) is 2.89. The number of rotatable bonds is 3. The van der Waals surface area contributed by atoms with E-state index in [1.165, 1.54) is 11.1 Å².